The molecule has 0 unspecified atom stereocenters. The predicted molar refractivity (Wildman–Crippen MR) is 103 cm³/mol. The van der Waals surface area contributed by atoms with E-state index in [0.29, 0.717) is 11.6 Å². The van der Waals surface area contributed by atoms with E-state index >= 15 is 0 Å². The molecular formula is C18H16BrN3OS. The smallest absolute Gasteiger partial charge is 0.234 e. The van der Waals surface area contributed by atoms with Crippen LogP contribution in [0.15, 0.2) is 52.0 Å². The number of aromatic nitrogens is 2. The molecular weight excluding hydrogens is 386 g/mol. The molecule has 2 aromatic carbocycles. The summed E-state index contributed by atoms with van der Waals surface area (Å²) in [6.45, 7) is 3.87. The molecule has 1 heterocycles. The second-order valence-electron chi connectivity index (χ2n) is 5.39. The van der Waals surface area contributed by atoms with Crippen LogP contribution in [-0.2, 0) is 4.79 Å². The van der Waals surface area contributed by atoms with Crippen LogP contribution in [0.4, 0.5) is 5.69 Å². The lowest BCUT2D eigenvalue weighted by Gasteiger charge is -2.08. The van der Waals surface area contributed by atoms with Gasteiger partial charge < -0.3 is 5.32 Å². The number of nitrogens with zero attached hydrogens (tertiary/aromatic N) is 2. The highest BCUT2D eigenvalue weighted by atomic mass is 79.9. The molecule has 3 rings (SSSR count). The average Bonchev–Trinajstić information content (AvgIpc) is 2.56. The Hall–Kier alpha value is -1.92. The third-order valence-corrected chi connectivity index (χ3v) is 5.32. The van der Waals surface area contributed by atoms with Gasteiger partial charge in [-0.2, -0.15) is 0 Å². The number of fused-ring (bicyclic) bond motifs is 1. The van der Waals surface area contributed by atoms with Gasteiger partial charge in [-0.3, -0.25) is 4.79 Å². The molecule has 1 N–H and O–H groups in total. The number of hydrogen-bond donors (Lipinski definition) is 1. The van der Waals surface area contributed by atoms with Gasteiger partial charge in [-0.15, -0.1) is 0 Å². The first-order chi connectivity index (χ1) is 11.5. The number of halogens is 1. The van der Waals surface area contributed by atoms with Gasteiger partial charge in [0.05, 0.1) is 11.3 Å². The van der Waals surface area contributed by atoms with Crippen molar-refractivity contribution in [3.63, 3.8) is 0 Å². The fraction of sp³-hybridized carbons (Fsp3) is 0.167. The molecule has 3 aromatic rings. The van der Waals surface area contributed by atoms with E-state index in [1.807, 2.05) is 56.3 Å². The minimum absolute atomic E-state index is 0.0592. The fourth-order valence-electron chi connectivity index (χ4n) is 2.27. The summed E-state index contributed by atoms with van der Waals surface area (Å²) in [6, 6.07) is 13.6. The van der Waals surface area contributed by atoms with Gasteiger partial charge in [0.2, 0.25) is 5.91 Å². The zero-order valence-corrected chi connectivity index (χ0v) is 15.7. The Balaban J connectivity index is 1.71. The van der Waals surface area contributed by atoms with Crippen molar-refractivity contribution < 1.29 is 4.79 Å². The van der Waals surface area contributed by atoms with E-state index in [0.717, 1.165) is 31.7 Å². The van der Waals surface area contributed by atoms with Crippen LogP contribution < -0.4 is 5.32 Å². The number of para-hydroxylation sites is 1. The topological polar surface area (TPSA) is 54.9 Å². The summed E-state index contributed by atoms with van der Waals surface area (Å²) in [5.74, 6) is 0.946. The van der Waals surface area contributed by atoms with Crippen molar-refractivity contribution in [2.75, 3.05) is 11.1 Å². The molecule has 0 atom stereocenters. The van der Waals surface area contributed by atoms with E-state index in [9.17, 15) is 4.79 Å². The zero-order chi connectivity index (χ0) is 17.1. The van der Waals surface area contributed by atoms with Crippen molar-refractivity contribution in [1.29, 1.82) is 0 Å². The second-order valence-corrected chi connectivity index (χ2v) is 7.21. The lowest BCUT2D eigenvalue weighted by Crippen LogP contribution is -2.14. The van der Waals surface area contributed by atoms with Gasteiger partial charge in [0.15, 0.2) is 0 Å². The predicted octanol–water partition coefficient (Wildman–Crippen LogP) is 4.74. The molecule has 0 spiro atoms. The molecule has 6 heteroatoms. The fourth-order valence-corrected chi connectivity index (χ4v) is 3.51. The van der Waals surface area contributed by atoms with Gasteiger partial charge >= 0.3 is 0 Å². The van der Waals surface area contributed by atoms with Crippen LogP contribution >= 0.6 is 27.7 Å². The number of thioether (sulfide) groups is 1. The van der Waals surface area contributed by atoms with Gasteiger partial charge in [0.1, 0.15) is 10.9 Å². The highest BCUT2D eigenvalue weighted by molar-refractivity contribution is 9.10. The number of carbonyl (C=O) groups is 1. The zero-order valence-electron chi connectivity index (χ0n) is 13.3. The summed E-state index contributed by atoms with van der Waals surface area (Å²) in [4.78, 5) is 21.1. The maximum Gasteiger partial charge on any atom is 0.234 e. The summed E-state index contributed by atoms with van der Waals surface area (Å²) < 4.78 is 0.977. The van der Waals surface area contributed by atoms with Crippen LogP contribution in [-0.4, -0.2) is 21.6 Å². The monoisotopic (exact) mass is 401 g/mol. The van der Waals surface area contributed by atoms with E-state index in [1.165, 1.54) is 11.8 Å². The molecule has 0 radical (unpaired) electrons. The Bertz CT molecular complexity index is 914. The maximum atomic E-state index is 12.2. The summed E-state index contributed by atoms with van der Waals surface area (Å²) >= 11 is 4.90. The lowest BCUT2D eigenvalue weighted by atomic mass is 10.2. The van der Waals surface area contributed by atoms with E-state index < -0.39 is 0 Å². The van der Waals surface area contributed by atoms with Crippen LogP contribution in [0.1, 0.15) is 11.4 Å². The number of benzene rings is 2. The van der Waals surface area contributed by atoms with Gasteiger partial charge in [-0.05, 0) is 37.6 Å². The summed E-state index contributed by atoms with van der Waals surface area (Å²) in [5, 5.41) is 4.71. The Morgan fingerprint density at radius 1 is 1.17 bits per heavy atom. The number of aryl methyl sites for hydroxylation is 2. The van der Waals surface area contributed by atoms with E-state index in [4.69, 9.17) is 0 Å². The molecule has 0 bridgehead atoms. The number of rotatable bonds is 4. The van der Waals surface area contributed by atoms with Crippen LogP contribution in [0.5, 0.6) is 0 Å². The molecule has 0 saturated carbocycles. The van der Waals surface area contributed by atoms with E-state index in [-0.39, 0.29) is 5.91 Å². The number of nitrogens with one attached hydrogen (secondary N) is 1. The van der Waals surface area contributed by atoms with Crippen LogP contribution in [0, 0.1) is 13.8 Å². The maximum absolute atomic E-state index is 12.2. The highest BCUT2D eigenvalue weighted by Crippen LogP contribution is 2.26. The van der Waals surface area contributed by atoms with Crippen molar-refractivity contribution in [3.05, 3.63) is 58.3 Å². The SMILES string of the molecule is Cc1nc(SCC(=O)Nc2ccc(C)c(Br)c2)c2ccccc2n1. The molecule has 4 nitrogen and oxygen atoms in total. The third-order valence-electron chi connectivity index (χ3n) is 3.48. The Morgan fingerprint density at radius 3 is 2.75 bits per heavy atom. The van der Waals surface area contributed by atoms with Crippen molar-refractivity contribution >= 4 is 50.2 Å². The molecule has 0 aliphatic rings. The number of amides is 1. The van der Waals surface area contributed by atoms with Gasteiger partial charge in [0, 0.05) is 15.5 Å². The minimum Gasteiger partial charge on any atom is -0.325 e. The minimum atomic E-state index is -0.0592. The number of anilines is 1. The Morgan fingerprint density at radius 2 is 1.96 bits per heavy atom. The van der Waals surface area contributed by atoms with Crippen molar-refractivity contribution in [1.82, 2.24) is 9.97 Å². The van der Waals surface area contributed by atoms with Crippen LogP contribution in [0.2, 0.25) is 0 Å². The highest BCUT2D eigenvalue weighted by Gasteiger charge is 2.10. The summed E-state index contributed by atoms with van der Waals surface area (Å²) in [6.07, 6.45) is 0. The Kier molecular flexibility index (Phi) is 5.16. The van der Waals surface area contributed by atoms with Crippen LogP contribution in [0.3, 0.4) is 0 Å². The second kappa shape index (κ2) is 7.32. The van der Waals surface area contributed by atoms with E-state index in [1.54, 1.807) is 0 Å². The number of hydrogen-bond acceptors (Lipinski definition) is 4. The molecule has 1 aromatic heterocycles. The standard InChI is InChI=1S/C18H16BrN3OS/c1-11-7-8-13(9-15(11)19)22-17(23)10-24-18-14-5-3-4-6-16(14)20-12(2)21-18/h3-9H,10H2,1-2H3,(H,22,23). The molecule has 1 amide bonds. The molecule has 0 fully saturated rings. The van der Waals surface area contributed by atoms with Gasteiger partial charge in [0.25, 0.3) is 0 Å². The average molecular weight is 402 g/mol. The third kappa shape index (κ3) is 3.94. The first-order valence-corrected chi connectivity index (χ1v) is 9.23. The first-order valence-electron chi connectivity index (χ1n) is 7.45. The lowest BCUT2D eigenvalue weighted by molar-refractivity contribution is -0.113. The normalized spacial score (nSPS) is 10.8. The first kappa shape index (κ1) is 16.9. The molecule has 0 aliphatic carbocycles. The molecule has 0 aliphatic heterocycles. The van der Waals surface area contributed by atoms with Gasteiger partial charge in [-0.1, -0.05) is 52.0 Å². The van der Waals surface area contributed by atoms with Crippen molar-refractivity contribution in [3.8, 4) is 0 Å². The quantitative estimate of drug-likeness (QED) is 0.506. The largest absolute Gasteiger partial charge is 0.325 e. The van der Waals surface area contributed by atoms with Crippen molar-refractivity contribution in [2.45, 2.75) is 18.9 Å². The van der Waals surface area contributed by atoms with Crippen LogP contribution in [0.25, 0.3) is 10.9 Å². The van der Waals surface area contributed by atoms with Crippen molar-refractivity contribution in [2.24, 2.45) is 0 Å². The van der Waals surface area contributed by atoms with Gasteiger partial charge in [-0.25, -0.2) is 9.97 Å². The summed E-state index contributed by atoms with van der Waals surface area (Å²) in [7, 11) is 0. The molecule has 0 saturated heterocycles. The number of carbonyl (C=O) groups excluding carboxylic acids is 1. The summed E-state index contributed by atoms with van der Waals surface area (Å²) in [5.41, 5.74) is 2.81. The molecule has 122 valence electrons. The molecule has 24 heavy (non-hydrogen) atoms. The van der Waals surface area contributed by atoms with E-state index in [2.05, 4.69) is 31.2 Å². The Labute approximate surface area is 153 Å².